The first kappa shape index (κ1) is 17.5. The van der Waals surface area contributed by atoms with Crippen molar-refractivity contribution in [1.82, 2.24) is 4.98 Å². The van der Waals surface area contributed by atoms with Crippen LogP contribution in [0.2, 0.25) is 0 Å². The Labute approximate surface area is 162 Å². The number of rotatable bonds is 4. The zero-order valence-electron chi connectivity index (χ0n) is 13.3. The molecule has 2 heterocycles. The highest BCUT2D eigenvalue weighted by atomic mass is 79.9. The van der Waals surface area contributed by atoms with E-state index in [1.54, 1.807) is 29.8 Å². The maximum Gasteiger partial charge on any atom is 0.201 e. The first-order chi connectivity index (χ1) is 11.5. The lowest BCUT2D eigenvalue weighted by Gasteiger charge is -2.06. The molecule has 3 rings (SSSR count). The van der Waals surface area contributed by atoms with E-state index in [1.807, 2.05) is 12.1 Å². The molecule has 7 heteroatoms. The first-order valence-electron chi connectivity index (χ1n) is 7.15. The zero-order valence-corrected chi connectivity index (χ0v) is 17.4. The summed E-state index contributed by atoms with van der Waals surface area (Å²) in [6.07, 6.45) is 0. The molecule has 24 heavy (non-hydrogen) atoms. The molecule has 0 unspecified atom stereocenters. The van der Waals surface area contributed by atoms with Gasteiger partial charge in [-0.3, -0.25) is 0 Å². The number of halogens is 1. The Bertz CT molecular complexity index is 901. The van der Waals surface area contributed by atoms with Crippen LogP contribution in [0.5, 0.6) is 0 Å². The molecule has 124 valence electrons. The molecule has 0 amide bonds. The van der Waals surface area contributed by atoms with Gasteiger partial charge in [0, 0.05) is 20.3 Å². The summed E-state index contributed by atoms with van der Waals surface area (Å²) < 4.78 is 6.18. The van der Waals surface area contributed by atoms with Gasteiger partial charge in [0.2, 0.25) is 5.05 Å². The third-order valence-electron chi connectivity index (χ3n) is 3.45. The van der Waals surface area contributed by atoms with E-state index in [0.717, 1.165) is 31.4 Å². The highest BCUT2D eigenvalue weighted by Gasteiger charge is 2.14. The molecule has 0 atom stereocenters. The molecule has 1 aromatic carbocycles. The highest BCUT2D eigenvalue weighted by Crippen LogP contribution is 2.35. The lowest BCUT2D eigenvalue weighted by Crippen LogP contribution is -1.95. The third kappa shape index (κ3) is 3.69. The van der Waals surface area contributed by atoms with Crippen molar-refractivity contribution in [1.29, 1.82) is 0 Å². The second-order valence-electron chi connectivity index (χ2n) is 5.22. The van der Waals surface area contributed by atoms with Crippen molar-refractivity contribution < 1.29 is 4.74 Å². The van der Waals surface area contributed by atoms with Crippen LogP contribution in [0.4, 0.5) is 10.8 Å². The monoisotopic (exact) mass is 438 g/mol. The fourth-order valence-electron chi connectivity index (χ4n) is 2.23. The highest BCUT2D eigenvalue weighted by molar-refractivity contribution is 9.10. The van der Waals surface area contributed by atoms with Gasteiger partial charge in [-0.1, -0.05) is 6.07 Å². The number of methoxy groups -OCH3 is 1. The minimum absolute atomic E-state index is 0.520. The van der Waals surface area contributed by atoms with E-state index in [0.29, 0.717) is 5.05 Å². The Hall–Kier alpha value is -1.28. The van der Waals surface area contributed by atoms with Gasteiger partial charge in [-0.2, -0.15) is 0 Å². The molecule has 0 spiro atoms. The van der Waals surface area contributed by atoms with E-state index in [1.165, 1.54) is 10.4 Å². The first-order valence-corrected chi connectivity index (χ1v) is 10.1. The van der Waals surface area contributed by atoms with Gasteiger partial charge in [-0.25, -0.2) is 4.98 Å². The van der Waals surface area contributed by atoms with Crippen LogP contribution < -0.4 is 5.32 Å². The molecule has 0 bridgehead atoms. The Morgan fingerprint density at radius 2 is 2.08 bits per heavy atom. The smallest absolute Gasteiger partial charge is 0.201 e. The van der Waals surface area contributed by atoms with Crippen LogP contribution in [-0.2, 0) is 4.74 Å². The number of thiocarbonyl (C=S) groups is 1. The molecule has 0 aliphatic rings. The molecule has 3 aromatic rings. The summed E-state index contributed by atoms with van der Waals surface area (Å²) in [4.78, 5) is 6.85. The predicted octanol–water partition coefficient (Wildman–Crippen LogP) is 6.32. The molecule has 1 N–H and O–H groups in total. The molecule has 0 fully saturated rings. The second kappa shape index (κ2) is 7.31. The minimum Gasteiger partial charge on any atom is -0.486 e. The van der Waals surface area contributed by atoms with Gasteiger partial charge in [0.1, 0.15) is 0 Å². The number of aromatic nitrogens is 1. The van der Waals surface area contributed by atoms with Gasteiger partial charge < -0.3 is 10.1 Å². The number of hydrogen-bond acceptors (Lipinski definition) is 6. The van der Waals surface area contributed by atoms with Crippen molar-refractivity contribution in [2.75, 3.05) is 12.4 Å². The van der Waals surface area contributed by atoms with Gasteiger partial charge >= 0.3 is 0 Å². The molecule has 2 aromatic heterocycles. The SMILES string of the molecule is COC(=S)c1cc(-c2csc(Nc3ccc(C)cc3Br)n2)c(C)s1. The number of thiophene rings is 1. The number of benzene rings is 1. The molecule has 3 nitrogen and oxygen atoms in total. The molecular formula is C17H15BrN2OS3. The molecule has 0 aliphatic heterocycles. The standard InChI is InChI=1S/C17H15BrN2OS3/c1-9-4-5-13(12(18)6-9)19-17-20-14(8-23-17)11-7-15(16(22)21-3)24-10(11)2/h4-8H,1-3H3,(H,19,20). The summed E-state index contributed by atoms with van der Waals surface area (Å²) in [6.45, 7) is 4.14. The molecule has 0 aliphatic carbocycles. The summed E-state index contributed by atoms with van der Waals surface area (Å²) in [5.41, 5.74) is 4.26. The van der Waals surface area contributed by atoms with Crippen LogP contribution in [0.15, 0.2) is 34.1 Å². The minimum atomic E-state index is 0.520. The fraction of sp³-hybridized carbons (Fsp3) is 0.176. The largest absolute Gasteiger partial charge is 0.486 e. The van der Waals surface area contributed by atoms with Crippen molar-refractivity contribution in [3.63, 3.8) is 0 Å². The quantitative estimate of drug-likeness (QED) is 0.483. The van der Waals surface area contributed by atoms with Gasteiger partial charge in [-0.15, -0.1) is 22.7 Å². The molecular weight excluding hydrogens is 424 g/mol. The third-order valence-corrected chi connectivity index (χ3v) is 6.43. The lowest BCUT2D eigenvalue weighted by atomic mass is 10.2. The van der Waals surface area contributed by atoms with Gasteiger partial charge in [-0.05, 0) is 65.8 Å². The molecule has 0 radical (unpaired) electrons. The number of ether oxygens (including phenoxy) is 1. The lowest BCUT2D eigenvalue weighted by molar-refractivity contribution is 0.417. The molecule has 0 saturated heterocycles. The number of thiazole rings is 1. The average molecular weight is 439 g/mol. The van der Waals surface area contributed by atoms with Crippen LogP contribution in [0, 0.1) is 13.8 Å². The van der Waals surface area contributed by atoms with Crippen LogP contribution in [0.3, 0.4) is 0 Å². The summed E-state index contributed by atoms with van der Waals surface area (Å²) >= 11 is 12.0. The Kier molecular flexibility index (Phi) is 5.34. The topological polar surface area (TPSA) is 34.1 Å². The molecule has 0 saturated carbocycles. The summed E-state index contributed by atoms with van der Waals surface area (Å²) in [5.74, 6) is 0. The van der Waals surface area contributed by atoms with Crippen LogP contribution in [0.1, 0.15) is 15.3 Å². The van der Waals surface area contributed by atoms with Crippen molar-refractivity contribution in [2.45, 2.75) is 13.8 Å². The number of nitrogens with zero attached hydrogens (tertiary/aromatic N) is 1. The fourth-order valence-corrected chi connectivity index (χ4v) is 4.68. The van der Waals surface area contributed by atoms with E-state index in [9.17, 15) is 0 Å². The van der Waals surface area contributed by atoms with Crippen LogP contribution in [0.25, 0.3) is 11.3 Å². The number of nitrogens with one attached hydrogen (secondary N) is 1. The van der Waals surface area contributed by atoms with E-state index in [-0.39, 0.29) is 0 Å². The predicted molar refractivity (Wildman–Crippen MR) is 111 cm³/mol. The normalized spacial score (nSPS) is 10.7. The Balaban J connectivity index is 1.85. The maximum absolute atomic E-state index is 5.21. The van der Waals surface area contributed by atoms with Crippen molar-refractivity contribution in [3.05, 3.63) is 49.4 Å². The second-order valence-corrected chi connectivity index (χ2v) is 8.56. The van der Waals surface area contributed by atoms with Crippen molar-refractivity contribution in [3.8, 4) is 11.3 Å². The number of anilines is 2. The maximum atomic E-state index is 5.21. The number of hydrogen-bond donors (Lipinski definition) is 1. The Morgan fingerprint density at radius 3 is 2.79 bits per heavy atom. The zero-order chi connectivity index (χ0) is 17.3. The van der Waals surface area contributed by atoms with E-state index in [4.69, 9.17) is 21.9 Å². The van der Waals surface area contributed by atoms with Crippen LogP contribution in [-0.4, -0.2) is 17.1 Å². The van der Waals surface area contributed by atoms with E-state index < -0.39 is 0 Å². The summed E-state index contributed by atoms with van der Waals surface area (Å²) in [5, 5.41) is 6.80. The van der Waals surface area contributed by atoms with Gasteiger partial charge in [0.25, 0.3) is 0 Å². The average Bonchev–Trinajstić information content (AvgIpc) is 3.15. The Morgan fingerprint density at radius 1 is 1.29 bits per heavy atom. The number of aryl methyl sites for hydroxylation is 2. The summed E-state index contributed by atoms with van der Waals surface area (Å²) in [6, 6.07) is 8.25. The van der Waals surface area contributed by atoms with Gasteiger partial charge in [0.05, 0.1) is 23.4 Å². The van der Waals surface area contributed by atoms with E-state index in [2.05, 4.69) is 52.6 Å². The van der Waals surface area contributed by atoms with E-state index >= 15 is 0 Å². The van der Waals surface area contributed by atoms with Crippen molar-refractivity contribution in [2.24, 2.45) is 0 Å². The van der Waals surface area contributed by atoms with Crippen LogP contribution >= 0.6 is 50.8 Å². The van der Waals surface area contributed by atoms with Crippen molar-refractivity contribution >= 4 is 66.7 Å². The van der Waals surface area contributed by atoms with Gasteiger partial charge in [0.15, 0.2) is 5.13 Å². The summed E-state index contributed by atoms with van der Waals surface area (Å²) in [7, 11) is 1.60.